The number of nitrogens with one attached hydrogen (secondary N) is 1. The van der Waals surface area contributed by atoms with E-state index in [2.05, 4.69) is 4.72 Å². The number of nitrogens with two attached hydrogens (primary N) is 1. The number of primary sulfonamides is 1. The molecular weight excluding hydrogens is 220 g/mol. The van der Waals surface area contributed by atoms with Gasteiger partial charge in [0.2, 0.25) is 0 Å². The van der Waals surface area contributed by atoms with Crippen molar-refractivity contribution >= 4 is 28.0 Å². The van der Waals surface area contributed by atoms with Gasteiger partial charge in [-0.1, -0.05) is 18.2 Å². The van der Waals surface area contributed by atoms with Crippen LogP contribution in [0.3, 0.4) is 0 Å². The Balaban J connectivity index is 2.51. The van der Waals surface area contributed by atoms with E-state index in [1.165, 1.54) is 18.0 Å². The minimum absolute atomic E-state index is 0.0428. The lowest BCUT2D eigenvalue weighted by Gasteiger charge is -2.15. The monoisotopic (exact) mass is 228 g/mol. The van der Waals surface area contributed by atoms with E-state index in [0.717, 1.165) is 10.5 Å². The Morgan fingerprint density at radius 1 is 1.29 bits per heavy atom. The summed E-state index contributed by atoms with van der Waals surface area (Å²) in [6.45, 7) is 0. The third-order valence-corrected chi connectivity index (χ3v) is 3.65. The standard InChI is InChI=1S/C8H8N2O2S2/c9-14(11,12)8-5-6-3-1-2-4-7(6)13-10-8/h1-5,10H,(H2,9,11,12). The predicted molar refractivity (Wildman–Crippen MR) is 56.5 cm³/mol. The molecule has 0 radical (unpaired) electrons. The number of fused-ring (bicyclic) bond motifs is 1. The molecule has 1 aliphatic rings. The molecule has 74 valence electrons. The largest absolute Gasteiger partial charge is 0.315 e. The average molecular weight is 228 g/mol. The van der Waals surface area contributed by atoms with E-state index in [9.17, 15) is 8.42 Å². The smallest absolute Gasteiger partial charge is 0.254 e. The zero-order valence-corrected chi connectivity index (χ0v) is 8.73. The molecule has 3 N–H and O–H groups in total. The maximum absolute atomic E-state index is 11.0. The minimum atomic E-state index is -3.64. The second-order valence-electron chi connectivity index (χ2n) is 2.80. The van der Waals surface area contributed by atoms with Gasteiger partial charge in [-0.15, -0.1) is 0 Å². The molecule has 0 spiro atoms. The fraction of sp³-hybridized carbons (Fsp3) is 0. The van der Waals surface area contributed by atoms with Crippen molar-refractivity contribution in [3.05, 3.63) is 34.9 Å². The maximum atomic E-state index is 11.0. The molecule has 0 aliphatic carbocycles. The minimum Gasteiger partial charge on any atom is -0.315 e. The number of rotatable bonds is 1. The van der Waals surface area contributed by atoms with Gasteiger partial charge in [0.15, 0.2) is 5.03 Å². The van der Waals surface area contributed by atoms with Gasteiger partial charge in [0.1, 0.15) is 0 Å². The van der Waals surface area contributed by atoms with E-state index in [0.29, 0.717) is 0 Å². The third kappa shape index (κ3) is 1.77. The molecule has 4 nitrogen and oxygen atoms in total. The first kappa shape index (κ1) is 9.57. The quantitative estimate of drug-likeness (QED) is 0.700. The van der Waals surface area contributed by atoms with E-state index >= 15 is 0 Å². The van der Waals surface area contributed by atoms with E-state index < -0.39 is 10.0 Å². The van der Waals surface area contributed by atoms with Gasteiger partial charge >= 0.3 is 0 Å². The lowest BCUT2D eigenvalue weighted by Crippen LogP contribution is -2.23. The number of hydrogen-bond donors (Lipinski definition) is 2. The molecule has 0 saturated heterocycles. The molecule has 1 aromatic carbocycles. The Morgan fingerprint density at radius 2 is 2.00 bits per heavy atom. The van der Waals surface area contributed by atoms with Crippen LogP contribution in [0.2, 0.25) is 0 Å². The lowest BCUT2D eigenvalue weighted by atomic mass is 10.2. The van der Waals surface area contributed by atoms with Crippen LogP contribution in [-0.2, 0) is 10.0 Å². The molecule has 1 aromatic rings. The van der Waals surface area contributed by atoms with E-state index in [1.807, 2.05) is 24.3 Å². The van der Waals surface area contributed by atoms with Crippen molar-refractivity contribution in [2.45, 2.75) is 4.90 Å². The summed E-state index contributed by atoms with van der Waals surface area (Å²) in [4.78, 5) is 0.986. The molecular formula is C8H8N2O2S2. The summed E-state index contributed by atoms with van der Waals surface area (Å²) in [5.41, 5.74) is 0.861. The first-order valence-electron chi connectivity index (χ1n) is 3.84. The molecule has 0 atom stereocenters. The Labute approximate surface area is 86.4 Å². The Kier molecular flexibility index (Phi) is 2.26. The highest BCUT2D eigenvalue weighted by Gasteiger charge is 2.17. The number of hydrogen-bond acceptors (Lipinski definition) is 4. The summed E-state index contributed by atoms with van der Waals surface area (Å²) in [7, 11) is -3.64. The van der Waals surface area contributed by atoms with Crippen LogP contribution >= 0.6 is 11.9 Å². The molecule has 1 aliphatic heterocycles. The lowest BCUT2D eigenvalue weighted by molar-refractivity contribution is 0.602. The van der Waals surface area contributed by atoms with Gasteiger partial charge in [0, 0.05) is 4.90 Å². The van der Waals surface area contributed by atoms with Crippen molar-refractivity contribution in [2.24, 2.45) is 5.14 Å². The first-order valence-corrected chi connectivity index (χ1v) is 6.20. The molecule has 0 unspecified atom stereocenters. The van der Waals surface area contributed by atoms with Gasteiger partial charge < -0.3 is 4.72 Å². The van der Waals surface area contributed by atoms with Crippen LogP contribution < -0.4 is 9.86 Å². The van der Waals surface area contributed by atoms with Gasteiger partial charge in [-0.05, 0) is 29.7 Å². The van der Waals surface area contributed by atoms with Gasteiger partial charge in [-0.25, -0.2) is 13.6 Å². The van der Waals surface area contributed by atoms with Crippen molar-refractivity contribution in [2.75, 3.05) is 0 Å². The van der Waals surface area contributed by atoms with Crippen LogP contribution in [0.5, 0.6) is 0 Å². The molecule has 14 heavy (non-hydrogen) atoms. The number of sulfonamides is 1. The van der Waals surface area contributed by atoms with Gasteiger partial charge in [0.25, 0.3) is 10.0 Å². The summed E-state index contributed by atoms with van der Waals surface area (Å²) in [5.74, 6) is 0. The van der Waals surface area contributed by atoms with Crippen LogP contribution in [0, 0.1) is 0 Å². The normalized spacial score (nSPS) is 15.4. The van der Waals surface area contributed by atoms with Crippen LogP contribution in [-0.4, -0.2) is 8.42 Å². The van der Waals surface area contributed by atoms with Crippen molar-refractivity contribution in [1.82, 2.24) is 4.72 Å². The predicted octanol–water partition coefficient (Wildman–Crippen LogP) is 0.884. The highest BCUT2D eigenvalue weighted by atomic mass is 32.2. The van der Waals surface area contributed by atoms with Crippen LogP contribution in [0.4, 0.5) is 0 Å². The van der Waals surface area contributed by atoms with E-state index in [4.69, 9.17) is 5.14 Å². The molecule has 2 rings (SSSR count). The maximum Gasteiger partial charge on any atom is 0.254 e. The Morgan fingerprint density at radius 3 is 2.71 bits per heavy atom. The summed E-state index contributed by atoms with van der Waals surface area (Å²) >= 11 is 1.25. The van der Waals surface area contributed by atoms with E-state index in [1.54, 1.807) is 0 Å². The van der Waals surface area contributed by atoms with Crippen LogP contribution in [0.25, 0.3) is 6.08 Å². The van der Waals surface area contributed by atoms with E-state index in [-0.39, 0.29) is 5.03 Å². The van der Waals surface area contributed by atoms with Gasteiger partial charge in [-0.2, -0.15) is 0 Å². The fourth-order valence-corrected chi connectivity index (χ4v) is 2.65. The zero-order chi connectivity index (χ0) is 10.2. The van der Waals surface area contributed by atoms with Gasteiger partial charge in [-0.3, -0.25) is 0 Å². The van der Waals surface area contributed by atoms with Crippen molar-refractivity contribution in [3.63, 3.8) is 0 Å². The highest BCUT2D eigenvalue weighted by Crippen LogP contribution is 2.28. The average Bonchev–Trinajstić information content (AvgIpc) is 2.16. The molecule has 0 aromatic heterocycles. The number of benzene rings is 1. The molecule has 0 saturated carbocycles. The fourth-order valence-electron chi connectivity index (χ4n) is 1.11. The SMILES string of the molecule is NS(=O)(=O)C1=Cc2ccccc2SN1. The summed E-state index contributed by atoms with van der Waals surface area (Å²) in [6, 6.07) is 7.49. The molecule has 1 heterocycles. The summed E-state index contributed by atoms with van der Waals surface area (Å²) in [6.07, 6.45) is 1.53. The second-order valence-corrected chi connectivity index (χ2v) is 5.17. The van der Waals surface area contributed by atoms with Crippen molar-refractivity contribution in [1.29, 1.82) is 0 Å². The van der Waals surface area contributed by atoms with Crippen molar-refractivity contribution in [3.8, 4) is 0 Å². The summed E-state index contributed by atoms with van der Waals surface area (Å²) in [5, 5.41) is 5.04. The van der Waals surface area contributed by atoms with Crippen molar-refractivity contribution < 1.29 is 8.42 Å². The van der Waals surface area contributed by atoms with Crippen LogP contribution in [0.15, 0.2) is 34.2 Å². The molecule has 6 heteroatoms. The molecule has 0 bridgehead atoms. The topological polar surface area (TPSA) is 72.2 Å². The second kappa shape index (κ2) is 3.30. The highest BCUT2D eigenvalue weighted by molar-refractivity contribution is 8.00. The summed E-state index contributed by atoms with van der Waals surface area (Å²) < 4.78 is 24.7. The molecule has 0 amide bonds. The molecule has 0 fully saturated rings. The first-order chi connectivity index (χ1) is 6.57. The van der Waals surface area contributed by atoms with Gasteiger partial charge in [0.05, 0.1) is 0 Å². The Bertz CT molecular complexity index is 494. The van der Waals surface area contributed by atoms with Crippen LogP contribution in [0.1, 0.15) is 5.56 Å². The third-order valence-electron chi connectivity index (χ3n) is 1.77. The zero-order valence-electron chi connectivity index (χ0n) is 7.10. The Hall–Kier alpha value is -0.980.